The summed E-state index contributed by atoms with van der Waals surface area (Å²) >= 11 is 0. The van der Waals surface area contributed by atoms with Crippen molar-refractivity contribution in [3.8, 4) is 0 Å². The van der Waals surface area contributed by atoms with Gasteiger partial charge in [0.2, 0.25) is 0 Å². The lowest BCUT2D eigenvalue weighted by Gasteiger charge is -2.19. The molecule has 0 saturated carbocycles. The number of rotatable bonds is 5. The van der Waals surface area contributed by atoms with E-state index in [2.05, 4.69) is 23.4 Å². The van der Waals surface area contributed by atoms with E-state index in [9.17, 15) is 4.79 Å². The maximum atomic E-state index is 12.0. The van der Waals surface area contributed by atoms with Gasteiger partial charge in [-0.2, -0.15) is 0 Å². The fraction of sp³-hybridized carbons (Fsp3) is 0.333. The van der Waals surface area contributed by atoms with Crippen LogP contribution in [0.25, 0.3) is 5.65 Å². The zero-order valence-corrected chi connectivity index (χ0v) is 11.5. The molecule has 0 aromatic carbocycles. The number of likely N-dealkylation sites (N-methyl/N-ethyl adjacent to an activating group) is 1. The molecule has 2 aromatic rings. The molecule has 0 aliphatic carbocycles. The summed E-state index contributed by atoms with van der Waals surface area (Å²) in [5.41, 5.74) is 2.57. The van der Waals surface area contributed by atoms with Gasteiger partial charge in [-0.1, -0.05) is 25.1 Å². The van der Waals surface area contributed by atoms with Crippen LogP contribution in [-0.2, 0) is 6.54 Å². The van der Waals surface area contributed by atoms with Gasteiger partial charge in [-0.05, 0) is 25.6 Å². The number of aromatic nitrogens is 2. The number of fused-ring (bicyclic) bond motifs is 1. The minimum Gasteiger partial charge on any atom is -0.294 e. The van der Waals surface area contributed by atoms with Crippen molar-refractivity contribution in [1.82, 2.24) is 14.3 Å². The Morgan fingerprint density at radius 3 is 2.95 bits per heavy atom. The quantitative estimate of drug-likeness (QED) is 0.770. The lowest BCUT2D eigenvalue weighted by atomic mass is 10.3. The van der Waals surface area contributed by atoms with Gasteiger partial charge in [-0.25, -0.2) is 4.98 Å². The third kappa shape index (κ3) is 3.29. The highest BCUT2D eigenvalue weighted by molar-refractivity contribution is 5.37. The molecular weight excluding hydrogens is 238 g/mol. The summed E-state index contributed by atoms with van der Waals surface area (Å²) in [7, 11) is 0. The van der Waals surface area contributed by atoms with Crippen LogP contribution in [0.2, 0.25) is 0 Å². The van der Waals surface area contributed by atoms with Gasteiger partial charge < -0.3 is 0 Å². The average molecular weight is 257 g/mol. The zero-order chi connectivity index (χ0) is 13.8. The second kappa shape index (κ2) is 5.80. The van der Waals surface area contributed by atoms with Crippen LogP contribution in [0.1, 0.15) is 19.5 Å². The largest absolute Gasteiger partial charge is 0.294 e. The van der Waals surface area contributed by atoms with Crippen LogP contribution >= 0.6 is 0 Å². The Kier molecular flexibility index (Phi) is 4.12. The molecule has 0 aliphatic heterocycles. The van der Waals surface area contributed by atoms with Crippen molar-refractivity contribution >= 4 is 5.65 Å². The van der Waals surface area contributed by atoms with E-state index >= 15 is 0 Å². The van der Waals surface area contributed by atoms with E-state index in [4.69, 9.17) is 0 Å². The molecule has 0 N–H and O–H groups in total. The highest BCUT2D eigenvalue weighted by Gasteiger charge is 2.07. The second-order valence-electron chi connectivity index (χ2n) is 4.77. The van der Waals surface area contributed by atoms with E-state index in [0.29, 0.717) is 12.2 Å². The summed E-state index contributed by atoms with van der Waals surface area (Å²) in [5, 5.41) is 0. The molecule has 4 heteroatoms. The van der Waals surface area contributed by atoms with Crippen LogP contribution < -0.4 is 5.56 Å². The lowest BCUT2D eigenvalue weighted by molar-refractivity contribution is 0.301. The molecule has 0 fully saturated rings. The van der Waals surface area contributed by atoms with Gasteiger partial charge >= 0.3 is 0 Å². The third-order valence-electron chi connectivity index (χ3n) is 2.95. The Morgan fingerprint density at radius 2 is 2.26 bits per heavy atom. The minimum atomic E-state index is -0.0352. The molecular formula is C15H19N3O. The van der Waals surface area contributed by atoms with E-state index in [1.807, 2.05) is 25.1 Å². The van der Waals surface area contributed by atoms with Crippen LogP contribution in [0.5, 0.6) is 0 Å². The highest BCUT2D eigenvalue weighted by Crippen LogP contribution is 2.04. The molecule has 2 rings (SSSR count). The van der Waals surface area contributed by atoms with Gasteiger partial charge in [0.25, 0.3) is 5.56 Å². The molecule has 0 spiro atoms. The standard InChI is InChI=1S/C15H19N3O/c1-4-17(10-12(2)3)11-13-9-15(19)18-8-6-5-7-14(18)16-13/h5-9H,2,4,10-11H2,1,3H3. The van der Waals surface area contributed by atoms with Crippen molar-refractivity contribution < 1.29 is 0 Å². The summed E-state index contributed by atoms with van der Waals surface area (Å²) in [4.78, 5) is 18.7. The Hall–Kier alpha value is -1.94. The highest BCUT2D eigenvalue weighted by atomic mass is 16.1. The van der Waals surface area contributed by atoms with Crippen LogP contribution in [0, 0.1) is 0 Å². The van der Waals surface area contributed by atoms with Gasteiger partial charge in [0, 0.05) is 25.4 Å². The molecule has 19 heavy (non-hydrogen) atoms. The average Bonchev–Trinajstić information content (AvgIpc) is 2.37. The minimum absolute atomic E-state index is 0.0352. The first-order valence-electron chi connectivity index (χ1n) is 6.44. The van der Waals surface area contributed by atoms with E-state index in [1.165, 1.54) is 0 Å². The molecule has 2 heterocycles. The SMILES string of the molecule is C=C(C)CN(CC)Cc1cc(=O)n2ccccc2n1. The molecule has 0 aliphatic rings. The third-order valence-corrected chi connectivity index (χ3v) is 2.95. The monoisotopic (exact) mass is 257 g/mol. The normalized spacial score (nSPS) is 11.1. The molecule has 100 valence electrons. The molecule has 0 unspecified atom stereocenters. The maximum absolute atomic E-state index is 12.0. The van der Waals surface area contributed by atoms with Gasteiger partial charge in [0.05, 0.1) is 5.69 Å². The summed E-state index contributed by atoms with van der Waals surface area (Å²) in [6.45, 7) is 10.4. The first kappa shape index (κ1) is 13.5. The number of nitrogens with zero attached hydrogens (tertiary/aromatic N) is 3. The Bertz CT molecular complexity index is 645. The summed E-state index contributed by atoms with van der Waals surface area (Å²) in [5.74, 6) is 0. The molecule has 0 atom stereocenters. The van der Waals surface area contributed by atoms with E-state index in [-0.39, 0.29) is 5.56 Å². The van der Waals surface area contributed by atoms with Crippen LogP contribution in [-0.4, -0.2) is 27.4 Å². The Balaban J connectivity index is 2.30. The molecule has 0 radical (unpaired) electrons. The number of hydrogen-bond donors (Lipinski definition) is 0. The first-order valence-corrected chi connectivity index (χ1v) is 6.44. The smallest absolute Gasteiger partial charge is 0.258 e. The van der Waals surface area contributed by atoms with E-state index in [0.717, 1.165) is 24.4 Å². The molecule has 0 saturated heterocycles. The molecule has 4 nitrogen and oxygen atoms in total. The first-order chi connectivity index (χ1) is 9.10. The fourth-order valence-electron chi connectivity index (χ4n) is 2.07. The maximum Gasteiger partial charge on any atom is 0.258 e. The summed E-state index contributed by atoms with van der Waals surface area (Å²) in [6.07, 6.45) is 1.74. The Morgan fingerprint density at radius 1 is 1.47 bits per heavy atom. The van der Waals surface area contributed by atoms with Crippen molar-refractivity contribution in [3.05, 3.63) is 58.7 Å². The molecule has 2 aromatic heterocycles. The Labute approximate surface area is 113 Å². The lowest BCUT2D eigenvalue weighted by Crippen LogP contribution is -2.26. The topological polar surface area (TPSA) is 37.6 Å². The van der Waals surface area contributed by atoms with Crippen molar-refractivity contribution in [1.29, 1.82) is 0 Å². The zero-order valence-electron chi connectivity index (χ0n) is 11.5. The predicted molar refractivity (Wildman–Crippen MR) is 77.2 cm³/mol. The van der Waals surface area contributed by atoms with Gasteiger partial charge in [-0.3, -0.25) is 14.1 Å². The van der Waals surface area contributed by atoms with Gasteiger partial charge in [0.15, 0.2) is 0 Å². The van der Waals surface area contributed by atoms with E-state index in [1.54, 1.807) is 16.7 Å². The second-order valence-corrected chi connectivity index (χ2v) is 4.77. The molecule has 0 amide bonds. The van der Waals surface area contributed by atoms with E-state index < -0.39 is 0 Å². The number of hydrogen-bond acceptors (Lipinski definition) is 3. The van der Waals surface area contributed by atoms with Crippen molar-refractivity contribution in [2.75, 3.05) is 13.1 Å². The van der Waals surface area contributed by atoms with Crippen LogP contribution in [0.15, 0.2) is 47.4 Å². The van der Waals surface area contributed by atoms with Crippen molar-refractivity contribution in [2.24, 2.45) is 0 Å². The molecule has 0 bridgehead atoms. The van der Waals surface area contributed by atoms with Crippen LogP contribution in [0.3, 0.4) is 0 Å². The number of pyridine rings is 1. The van der Waals surface area contributed by atoms with Gasteiger partial charge in [-0.15, -0.1) is 0 Å². The van der Waals surface area contributed by atoms with Crippen molar-refractivity contribution in [2.45, 2.75) is 20.4 Å². The summed E-state index contributed by atoms with van der Waals surface area (Å²) in [6, 6.07) is 7.17. The fourth-order valence-corrected chi connectivity index (χ4v) is 2.07. The van der Waals surface area contributed by atoms with Crippen molar-refractivity contribution in [3.63, 3.8) is 0 Å². The predicted octanol–water partition coefficient (Wildman–Crippen LogP) is 2.09. The summed E-state index contributed by atoms with van der Waals surface area (Å²) < 4.78 is 1.55. The van der Waals surface area contributed by atoms with Gasteiger partial charge in [0.1, 0.15) is 5.65 Å². The van der Waals surface area contributed by atoms with Crippen LogP contribution in [0.4, 0.5) is 0 Å².